The molecule has 22 heavy (non-hydrogen) atoms. The highest BCUT2D eigenvalue weighted by molar-refractivity contribution is 5.92. The van der Waals surface area contributed by atoms with Crippen LogP contribution in [0.15, 0.2) is 10.6 Å². The number of hydrogen-bond donors (Lipinski definition) is 2. The van der Waals surface area contributed by atoms with Crippen LogP contribution in [0.5, 0.6) is 0 Å². The molecule has 1 aromatic rings. The number of urea groups is 1. The summed E-state index contributed by atoms with van der Waals surface area (Å²) < 4.78 is 5.18. The molecular weight excluding hydrogens is 284 g/mol. The number of nitrogens with one attached hydrogen (secondary N) is 2. The summed E-state index contributed by atoms with van der Waals surface area (Å²) in [6.07, 6.45) is 4.04. The Hall–Kier alpha value is -2.05. The second-order valence-electron chi connectivity index (χ2n) is 6.35. The van der Waals surface area contributed by atoms with E-state index in [1.54, 1.807) is 11.0 Å². The van der Waals surface area contributed by atoms with Crippen LogP contribution in [0.1, 0.15) is 51.2 Å². The van der Waals surface area contributed by atoms with Gasteiger partial charge in [-0.2, -0.15) is 0 Å². The van der Waals surface area contributed by atoms with E-state index in [-0.39, 0.29) is 36.5 Å². The summed E-state index contributed by atoms with van der Waals surface area (Å²) in [5, 5.41) is 9.60. The zero-order valence-electron chi connectivity index (χ0n) is 13.0. The van der Waals surface area contributed by atoms with Crippen molar-refractivity contribution >= 4 is 17.8 Å². The molecule has 2 N–H and O–H groups in total. The molecule has 3 rings (SSSR count). The lowest BCUT2D eigenvalue weighted by molar-refractivity contribution is -0.126. The van der Waals surface area contributed by atoms with E-state index < -0.39 is 0 Å². The van der Waals surface area contributed by atoms with Crippen LogP contribution in [0.3, 0.4) is 0 Å². The maximum Gasteiger partial charge on any atom is 0.323 e. The summed E-state index contributed by atoms with van der Waals surface area (Å²) in [5.74, 6) is 1.23. The third-order valence-corrected chi connectivity index (χ3v) is 4.38. The number of hydrogen-bond acceptors (Lipinski definition) is 4. The number of nitrogens with zero attached hydrogens (tertiary/aromatic N) is 2. The Labute approximate surface area is 129 Å². The topological polar surface area (TPSA) is 87.5 Å². The molecule has 1 aliphatic carbocycles. The lowest BCUT2D eigenvalue weighted by atomic mass is 9.87. The third kappa shape index (κ3) is 2.93. The van der Waals surface area contributed by atoms with Gasteiger partial charge in [-0.05, 0) is 12.8 Å². The molecule has 2 heterocycles. The first-order valence-electron chi connectivity index (χ1n) is 7.88. The van der Waals surface area contributed by atoms with Gasteiger partial charge in [0.25, 0.3) is 0 Å². The number of piperazine rings is 1. The van der Waals surface area contributed by atoms with Gasteiger partial charge in [0, 0.05) is 18.0 Å². The standard InChI is InChI=1S/C15H22N4O3/c1-9(2)12-7-13(18-22-12)17-15(21)19-8-14(20)16-10-5-3-4-6-11(10)19/h7,9-11H,3-6,8H2,1-2H3,(H,16,20)(H,17,18,21)/t10-,11+/m0/s1. The molecular formula is C15H22N4O3. The summed E-state index contributed by atoms with van der Waals surface area (Å²) in [5.41, 5.74) is 0. The number of anilines is 1. The van der Waals surface area contributed by atoms with Crippen molar-refractivity contribution in [2.24, 2.45) is 0 Å². The van der Waals surface area contributed by atoms with E-state index in [2.05, 4.69) is 15.8 Å². The highest BCUT2D eigenvalue weighted by Gasteiger charge is 2.39. The van der Waals surface area contributed by atoms with Crippen LogP contribution in [0.2, 0.25) is 0 Å². The fraction of sp³-hybridized carbons (Fsp3) is 0.667. The highest BCUT2D eigenvalue weighted by Crippen LogP contribution is 2.26. The third-order valence-electron chi connectivity index (χ3n) is 4.38. The van der Waals surface area contributed by atoms with Gasteiger partial charge >= 0.3 is 6.03 Å². The number of fused-ring (bicyclic) bond motifs is 1. The Morgan fingerprint density at radius 1 is 1.45 bits per heavy atom. The minimum Gasteiger partial charge on any atom is -0.359 e. The largest absolute Gasteiger partial charge is 0.359 e. The monoisotopic (exact) mass is 306 g/mol. The molecule has 2 aliphatic rings. The Morgan fingerprint density at radius 2 is 2.23 bits per heavy atom. The van der Waals surface area contributed by atoms with Gasteiger partial charge in [0.05, 0.1) is 6.04 Å². The first-order valence-corrected chi connectivity index (χ1v) is 7.88. The van der Waals surface area contributed by atoms with E-state index in [4.69, 9.17) is 4.52 Å². The summed E-state index contributed by atoms with van der Waals surface area (Å²) in [6.45, 7) is 4.09. The SMILES string of the molecule is CC(C)c1cc(NC(=O)N2CC(=O)N[C@H]3CCCC[C@H]32)no1. The Balaban J connectivity index is 1.70. The van der Waals surface area contributed by atoms with Gasteiger partial charge in [0.1, 0.15) is 12.3 Å². The lowest BCUT2D eigenvalue weighted by Gasteiger charge is -2.43. The minimum atomic E-state index is -0.282. The summed E-state index contributed by atoms with van der Waals surface area (Å²) in [6, 6.07) is 1.59. The van der Waals surface area contributed by atoms with E-state index in [1.807, 2.05) is 13.8 Å². The van der Waals surface area contributed by atoms with Crippen molar-refractivity contribution < 1.29 is 14.1 Å². The molecule has 3 amide bonds. The average molecular weight is 306 g/mol. The first kappa shape index (κ1) is 14.9. The van der Waals surface area contributed by atoms with Crippen molar-refractivity contribution in [1.82, 2.24) is 15.4 Å². The number of aromatic nitrogens is 1. The van der Waals surface area contributed by atoms with Gasteiger partial charge in [-0.15, -0.1) is 0 Å². The fourth-order valence-corrected chi connectivity index (χ4v) is 3.20. The maximum atomic E-state index is 12.5. The van der Waals surface area contributed by atoms with Gasteiger partial charge in [-0.3, -0.25) is 10.1 Å². The molecule has 1 saturated carbocycles. The predicted molar refractivity (Wildman–Crippen MR) is 80.5 cm³/mol. The van der Waals surface area contributed by atoms with Crippen LogP contribution < -0.4 is 10.6 Å². The quantitative estimate of drug-likeness (QED) is 0.875. The van der Waals surface area contributed by atoms with E-state index in [0.717, 1.165) is 31.4 Å². The Bertz CT molecular complexity index is 569. The van der Waals surface area contributed by atoms with Crippen LogP contribution >= 0.6 is 0 Å². The van der Waals surface area contributed by atoms with E-state index in [0.29, 0.717) is 5.82 Å². The molecule has 0 bridgehead atoms. The number of carbonyl (C=O) groups is 2. The smallest absolute Gasteiger partial charge is 0.323 e. The van der Waals surface area contributed by atoms with Crippen molar-refractivity contribution in [2.75, 3.05) is 11.9 Å². The summed E-state index contributed by atoms with van der Waals surface area (Å²) in [7, 11) is 0. The normalized spacial score (nSPS) is 24.9. The Morgan fingerprint density at radius 3 is 2.95 bits per heavy atom. The lowest BCUT2D eigenvalue weighted by Crippen LogP contribution is -2.63. The number of carbonyl (C=O) groups excluding carboxylic acids is 2. The van der Waals surface area contributed by atoms with Gasteiger partial charge < -0.3 is 14.7 Å². The number of amides is 3. The van der Waals surface area contributed by atoms with Crippen molar-refractivity contribution in [3.63, 3.8) is 0 Å². The molecule has 0 aromatic carbocycles. The van der Waals surface area contributed by atoms with Crippen LogP contribution in [0, 0.1) is 0 Å². The summed E-state index contributed by atoms with van der Waals surface area (Å²) >= 11 is 0. The molecule has 1 aromatic heterocycles. The molecule has 7 heteroatoms. The maximum absolute atomic E-state index is 12.5. The molecule has 1 saturated heterocycles. The zero-order valence-corrected chi connectivity index (χ0v) is 13.0. The van der Waals surface area contributed by atoms with E-state index in [9.17, 15) is 9.59 Å². The second-order valence-corrected chi connectivity index (χ2v) is 6.35. The van der Waals surface area contributed by atoms with Gasteiger partial charge in [0.15, 0.2) is 5.82 Å². The Kier molecular flexibility index (Phi) is 4.04. The van der Waals surface area contributed by atoms with Crippen molar-refractivity contribution in [3.05, 3.63) is 11.8 Å². The molecule has 2 atom stereocenters. The molecule has 2 fully saturated rings. The van der Waals surface area contributed by atoms with Gasteiger partial charge in [0.2, 0.25) is 5.91 Å². The van der Waals surface area contributed by atoms with Gasteiger partial charge in [-0.25, -0.2) is 4.79 Å². The fourth-order valence-electron chi connectivity index (χ4n) is 3.20. The molecule has 7 nitrogen and oxygen atoms in total. The molecule has 0 unspecified atom stereocenters. The van der Waals surface area contributed by atoms with Crippen molar-refractivity contribution in [3.8, 4) is 0 Å². The zero-order chi connectivity index (χ0) is 15.7. The van der Waals surface area contributed by atoms with Crippen molar-refractivity contribution in [2.45, 2.75) is 57.5 Å². The predicted octanol–water partition coefficient (Wildman–Crippen LogP) is 2.07. The molecule has 120 valence electrons. The second kappa shape index (κ2) is 5.98. The minimum absolute atomic E-state index is 0.0721. The highest BCUT2D eigenvalue weighted by atomic mass is 16.5. The molecule has 0 radical (unpaired) electrons. The van der Waals surface area contributed by atoms with Crippen LogP contribution in [-0.4, -0.2) is 40.6 Å². The van der Waals surface area contributed by atoms with E-state index in [1.165, 1.54) is 0 Å². The number of rotatable bonds is 2. The van der Waals surface area contributed by atoms with Gasteiger partial charge in [-0.1, -0.05) is 31.8 Å². The molecule has 0 spiro atoms. The molecule has 1 aliphatic heterocycles. The van der Waals surface area contributed by atoms with Crippen LogP contribution in [0.4, 0.5) is 10.6 Å². The van der Waals surface area contributed by atoms with Crippen LogP contribution in [0.25, 0.3) is 0 Å². The summed E-state index contributed by atoms with van der Waals surface area (Å²) in [4.78, 5) is 25.9. The van der Waals surface area contributed by atoms with Crippen molar-refractivity contribution in [1.29, 1.82) is 0 Å². The first-order chi connectivity index (χ1) is 10.5. The van der Waals surface area contributed by atoms with E-state index >= 15 is 0 Å². The van der Waals surface area contributed by atoms with Crippen LogP contribution in [-0.2, 0) is 4.79 Å². The average Bonchev–Trinajstić information content (AvgIpc) is 2.95.